The van der Waals surface area contributed by atoms with Crippen LogP contribution in [0.1, 0.15) is 114 Å². The third-order valence-electron chi connectivity index (χ3n) is 7.91. The van der Waals surface area contributed by atoms with Crippen LogP contribution in [0.5, 0.6) is 0 Å². The first-order valence-electron chi connectivity index (χ1n) is 14.9. The molecule has 236 valence electrons. The summed E-state index contributed by atoms with van der Waals surface area (Å²) in [6.07, 6.45) is 1.84. The fourth-order valence-electron chi connectivity index (χ4n) is 5.76. The fraction of sp³-hybridized carbons (Fsp3) is 0.625. The Morgan fingerprint density at radius 3 is 1.22 bits per heavy atom. The number of halogens is 2. The SMILES string of the molecule is CCC(CC(SC(CC(CC)C[PH](O)(O)F)c1ccccc1C(C)(C)C)c1ccccc1C(C)(C)C)C[PH](O)(O)F. The third-order valence-corrected chi connectivity index (χ3v) is 11.6. The summed E-state index contributed by atoms with van der Waals surface area (Å²) in [6.45, 7) is 16.9. The molecule has 41 heavy (non-hydrogen) atoms. The minimum absolute atomic E-state index is 0.0992. The van der Waals surface area contributed by atoms with Crippen LogP contribution in [0.15, 0.2) is 48.5 Å². The van der Waals surface area contributed by atoms with Crippen LogP contribution in [0, 0.1) is 11.8 Å². The number of hydrogen-bond donors (Lipinski definition) is 4. The van der Waals surface area contributed by atoms with E-state index in [0.717, 1.165) is 11.1 Å². The van der Waals surface area contributed by atoms with E-state index in [0.29, 0.717) is 25.7 Å². The topological polar surface area (TPSA) is 80.9 Å². The number of hydrogen-bond acceptors (Lipinski definition) is 5. The molecule has 2 rings (SSSR count). The van der Waals surface area contributed by atoms with E-state index in [-0.39, 0.29) is 45.5 Å². The molecular weight excluding hydrogens is 580 g/mol. The average Bonchev–Trinajstić information content (AvgIpc) is 2.84. The summed E-state index contributed by atoms with van der Waals surface area (Å²) in [5.74, 6) is -0.457. The molecule has 2 aromatic carbocycles. The Kier molecular flexibility index (Phi) is 13.3. The first-order valence-corrected chi connectivity index (χ1v) is 19.8. The van der Waals surface area contributed by atoms with Gasteiger partial charge in [0.05, 0.1) is 0 Å². The molecule has 4 nitrogen and oxygen atoms in total. The normalized spacial score (nSPS) is 17.1. The Balaban J connectivity index is 2.71. The summed E-state index contributed by atoms with van der Waals surface area (Å²) in [4.78, 5) is 39.1. The van der Waals surface area contributed by atoms with Gasteiger partial charge in [-0.15, -0.1) is 0 Å². The predicted molar refractivity (Wildman–Crippen MR) is 178 cm³/mol. The van der Waals surface area contributed by atoms with Crippen molar-refractivity contribution in [3.05, 3.63) is 70.8 Å². The van der Waals surface area contributed by atoms with Gasteiger partial charge in [0.15, 0.2) is 0 Å². The van der Waals surface area contributed by atoms with Crippen molar-refractivity contribution in [3.63, 3.8) is 0 Å². The summed E-state index contributed by atoms with van der Waals surface area (Å²) in [5.41, 5.74) is 4.33. The van der Waals surface area contributed by atoms with E-state index >= 15 is 0 Å². The van der Waals surface area contributed by atoms with E-state index in [1.807, 2.05) is 38.1 Å². The van der Waals surface area contributed by atoms with Crippen LogP contribution in [-0.4, -0.2) is 31.9 Å². The summed E-state index contributed by atoms with van der Waals surface area (Å²) < 4.78 is 28.4. The molecule has 0 aliphatic carbocycles. The number of benzene rings is 2. The Morgan fingerprint density at radius 2 is 0.951 bits per heavy atom. The van der Waals surface area contributed by atoms with E-state index in [1.54, 1.807) is 11.8 Å². The molecule has 0 bridgehead atoms. The van der Waals surface area contributed by atoms with Gasteiger partial charge in [0.1, 0.15) is 0 Å². The van der Waals surface area contributed by atoms with Gasteiger partial charge >= 0.3 is 253 Å². The molecule has 0 saturated carbocycles. The molecule has 0 fully saturated rings. The maximum atomic E-state index is 14.2. The Bertz CT molecular complexity index is 1010. The van der Waals surface area contributed by atoms with E-state index in [2.05, 4.69) is 65.8 Å². The van der Waals surface area contributed by atoms with Gasteiger partial charge in [-0.05, 0) is 0 Å². The average molecular weight is 635 g/mol. The van der Waals surface area contributed by atoms with Crippen LogP contribution in [0.3, 0.4) is 0 Å². The molecule has 0 aliphatic heterocycles. The van der Waals surface area contributed by atoms with Gasteiger partial charge in [0.25, 0.3) is 0 Å². The minimum atomic E-state index is -4.76. The molecule has 0 heterocycles. The van der Waals surface area contributed by atoms with Gasteiger partial charge in [-0.2, -0.15) is 0 Å². The van der Waals surface area contributed by atoms with Crippen molar-refractivity contribution < 1.29 is 28.0 Å². The second-order valence-corrected chi connectivity index (χ2v) is 18.8. The maximum absolute atomic E-state index is 14.2. The Hall–Kier alpha value is -0.650. The van der Waals surface area contributed by atoms with Crippen molar-refractivity contribution in [2.45, 2.75) is 102 Å². The first kappa shape index (κ1) is 36.5. The van der Waals surface area contributed by atoms with Gasteiger partial charge in [0, 0.05) is 0 Å². The van der Waals surface area contributed by atoms with Gasteiger partial charge in [-0.25, -0.2) is 0 Å². The van der Waals surface area contributed by atoms with Crippen molar-refractivity contribution in [3.8, 4) is 0 Å². The van der Waals surface area contributed by atoms with Crippen molar-refractivity contribution in [1.29, 1.82) is 0 Å². The Morgan fingerprint density at radius 1 is 0.634 bits per heavy atom. The number of rotatable bonds is 14. The van der Waals surface area contributed by atoms with Crippen molar-refractivity contribution in [2.24, 2.45) is 11.8 Å². The van der Waals surface area contributed by atoms with E-state index in [4.69, 9.17) is 0 Å². The summed E-state index contributed by atoms with van der Waals surface area (Å²) in [6, 6.07) is 16.6. The zero-order valence-corrected chi connectivity index (χ0v) is 28.9. The third kappa shape index (κ3) is 12.1. The van der Waals surface area contributed by atoms with E-state index < -0.39 is 16.1 Å². The first-order chi connectivity index (χ1) is 18.7. The van der Waals surface area contributed by atoms with Gasteiger partial charge in [-0.1, -0.05) is 0 Å². The molecule has 0 aliphatic rings. The monoisotopic (exact) mass is 634 g/mol. The summed E-state index contributed by atoms with van der Waals surface area (Å²) in [5, 5.41) is -0.198. The number of thioether (sulfide) groups is 1. The second-order valence-electron chi connectivity index (χ2n) is 13.7. The molecule has 0 amide bonds. The standard InChI is InChI=1S/C32H54F2O4P2S/c1-9-23(21-39(33,35)36)19-29(25-15-11-13-17-27(25)31(3,4)5)41-30(20-24(10-2)22-40(34,37)38)26-16-12-14-18-28(26)32(6,7)8/h11-18,23-24,29-30,35-40H,9-10,19-22H2,1-8H3. The summed E-state index contributed by atoms with van der Waals surface area (Å²) >= 11 is 1.76. The van der Waals surface area contributed by atoms with Crippen LogP contribution >= 0.6 is 27.8 Å². The van der Waals surface area contributed by atoms with E-state index in [1.165, 1.54) is 11.1 Å². The van der Waals surface area contributed by atoms with Crippen LogP contribution < -0.4 is 0 Å². The quantitative estimate of drug-likeness (QED) is 0.156. The van der Waals surface area contributed by atoms with Gasteiger partial charge in [-0.3, -0.25) is 0 Å². The molecule has 4 N–H and O–H groups in total. The molecule has 4 atom stereocenters. The molecular formula is C32H54F2O4P2S. The molecule has 0 aromatic heterocycles. The molecule has 9 heteroatoms. The zero-order valence-electron chi connectivity index (χ0n) is 26.1. The van der Waals surface area contributed by atoms with Crippen LogP contribution in [-0.2, 0) is 10.8 Å². The molecule has 0 saturated heterocycles. The van der Waals surface area contributed by atoms with Crippen molar-refractivity contribution >= 4 is 27.8 Å². The van der Waals surface area contributed by atoms with E-state index in [9.17, 15) is 28.0 Å². The second kappa shape index (κ2) is 14.9. The molecule has 0 spiro atoms. The van der Waals surface area contributed by atoms with Crippen LogP contribution in [0.2, 0.25) is 0 Å². The molecule has 0 radical (unpaired) electrons. The van der Waals surface area contributed by atoms with Crippen molar-refractivity contribution in [2.75, 3.05) is 12.3 Å². The van der Waals surface area contributed by atoms with Crippen LogP contribution in [0.25, 0.3) is 0 Å². The summed E-state index contributed by atoms with van der Waals surface area (Å²) in [7, 11) is -9.52. The fourth-order valence-corrected chi connectivity index (χ4v) is 10.0. The molecule has 4 unspecified atom stereocenters. The van der Waals surface area contributed by atoms with Crippen molar-refractivity contribution in [1.82, 2.24) is 0 Å². The van der Waals surface area contributed by atoms with Crippen LogP contribution in [0.4, 0.5) is 8.39 Å². The molecule has 2 aromatic rings. The van der Waals surface area contributed by atoms with Gasteiger partial charge < -0.3 is 0 Å². The zero-order chi connectivity index (χ0) is 31.2. The van der Waals surface area contributed by atoms with Gasteiger partial charge in [0.2, 0.25) is 0 Å². The Labute approximate surface area is 252 Å². The predicted octanol–water partition coefficient (Wildman–Crippen LogP) is 9.53.